The zero-order valence-electron chi connectivity index (χ0n) is 22.5. The van der Waals surface area contributed by atoms with Crippen molar-refractivity contribution >= 4 is 11.6 Å². The Morgan fingerprint density at radius 2 is 1.60 bits per heavy atom. The summed E-state index contributed by atoms with van der Waals surface area (Å²) in [5.41, 5.74) is -0.0500. The van der Waals surface area contributed by atoms with Crippen molar-refractivity contribution in [1.82, 2.24) is 0 Å². The quantitative estimate of drug-likeness (QED) is 0.398. The second kappa shape index (κ2) is 7.18. The average molecular weight is 473 g/mol. The minimum atomic E-state index is -0.636. The summed E-state index contributed by atoms with van der Waals surface area (Å²) < 4.78 is 0. The molecule has 0 aromatic carbocycles. The number of hydrogen-bond donors (Lipinski definition) is 0. The highest BCUT2D eigenvalue weighted by molar-refractivity contribution is 6.04. The van der Waals surface area contributed by atoms with Crippen molar-refractivity contribution in [1.29, 1.82) is 10.5 Å². The Morgan fingerprint density at radius 1 is 0.914 bits per heavy atom. The Balaban J connectivity index is 1.68. The summed E-state index contributed by atoms with van der Waals surface area (Å²) in [4.78, 5) is 27.3. The number of allylic oxidation sites excluding steroid dienone is 4. The summed E-state index contributed by atoms with van der Waals surface area (Å²) in [6, 6.07) is 4.80. The molecule has 0 amide bonds. The van der Waals surface area contributed by atoms with Gasteiger partial charge in [-0.1, -0.05) is 60.1 Å². The summed E-state index contributed by atoms with van der Waals surface area (Å²) in [6.45, 7) is 15.4. The van der Waals surface area contributed by atoms with Gasteiger partial charge in [-0.05, 0) is 78.6 Å². The second-order valence-electron chi connectivity index (χ2n) is 14.5. The molecule has 0 aromatic heterocycles. The van der Waals surface area contributed by atoms with Gasteiger partial charge in [0.05, 0.1) is 11.6 Å². The molecule has 35 heavy (non-hydrogen) atoms. The van der Waals surface area contributed by atoms with Gasteiger partial charge in [0.15, 0.2) is 11.6 Å². The van der Waals surface area contributed by atoms with Gasteiger partial charge in [0, 0.05) is 22.7 Å². The van der Waals surface area contributed by atoms with Crippen molar-refractivity contribution in [2.24, 2.45) is 56.7 Å². The van der Waals surface area contributed by atoms with Gasteiger partial charge in [-0.3, -0.25) is 9.59 Å². The molecule has 2 unspecified atom stereocenters. The lowest BCUT2D eigenvalue weighted by molar-refractivity contribution is -0.158. The molecule has 0 radical (unpaired) electrons. The largest absolute Gasteiger partial charge is 0.295 e. The van der Waals surface area contributed by atoms with Gasteiger partial charge >= 0.3 is 0 Å². The standard InChI is InChI=1S/C31H40N2O2/c1-27(2)13-18(16-32)20-8-10-31(7)25(21(20)15-27)22(34)12-24-29(5)14-19(17-33)26(35)28(3,4)23(29)9-11-30(24,31)6/h12,14,18,20-21,23,25H,8-11,13,15H2,1-7H3/t18-,20?,21-,23?,25-,29-,30+,31+/m0/s1. The Hall–Kier alpha value is -2.20. The monoisotopic (exact) mass is 472 g/mol. The van der Waals surface area contributed by atoms with Crippen LogP contribution in [0.3, 0.4) is 0 Å². The van der Waals surface area contributed by atoms with Crippen molar-refractivity contribution in [2.75, 3.05) is 0 Å². The topological polar surface area (TPSA) is 81.7 Å². The molecule has 5 rings (SSSR count). The van der Waals surface area contributed by atoms with Crippen LogP contribution in [-0.4, -0.2) is 11.6 Å². The molecular formula is C31H40N2O2. The zero-order chi connectivity index (χ0) is 25.8. The van der Waals surface area contributed by atoms with Crippen LogP contribution in [0.1, 0.15) is 87.0 Å². The molecule has 5 aliphatic rings. The molecule has 0 N–H and O–H groups in total. The van der Waals surface area contributed by atoms with Crippen LogP contribution in [0.4, 0.5) is 0 Å². The molecule has 4 nitrogen and oxygen atoms in total. The van der Waals surface area contributed by atoms with Gasteiger partial charge in [-0.25, -0.2) is 0 Å². The van der Waals surface area contributed by atoms with Crippen molar-refractivity contribution in [3.63, 3.8) is 0 Å². The van der Waals surface area contributed by atoms with Crippen molar-refractivity contribution in [3.05, 3.63) is 23.3 Å². The van der Waals surface area contributed by atoms with Crippen LogP contribution >= 0.6 is 0 Å². The SMILES string of the molecule is CC1(C)C[C@@H](C#N)C2CC[C@]3(C)[C@H](C(=O)C=C4[C@@]5(C)C=C(C#N)C(=O)C(C)(C)C5CC[C@]43C)[C@H]2C1. The first-order chi connectivity index (χ1) is 16.2. The van der Waals surface area contributed by atoms with E-state index in [-0.39, 0.29) is 57.1 Å². The highest BCUT2D eigenvalue weighted by Gasteiger charge is 2.68. The summed E-state index contributed by atoms with van der Waals surface area (Å²) in [5, 5.41) is 19.8. The smallest absolute Gasteiger partial charge is 0.178 e. The third-order valence-electron chi connectivity index (χ3n) is 11.9. The van der Waals surface area contributed by atoms with E-state index >= 15 is 0 Å². The maximum absolute atomic E-state index is 14.2. The zero-order valence-corrected chi connectivity index (χ0v) is 22.5. The maximum atomic E-state index is 14.2. The first kappa shape index (κ1) is 24.5. The maximum Gasteiger partial charge on any atom is 0.178 e. The number of ketones is 2. The molecule has 0 aromatic rings. The van der Waals surface area contributed by atoms with E-state index in [1.807, 2.05) is 26.0 Å². The summed E-state index contributed by atoms with van der Waals surface area (Å²) >= 11 is 0. The van der Waals surface area contributed by atoms with Crippen molar-refractivity contribution < 1.29 is 9.59 Å². The lowest BCUT2D eigenvalue weighted by atomic mass is 9.35. The molecule has 0 saturated heterocycles. The van der Waals surface area contributed by atoms with Crippen molar-refractivity contribution in [2.45, 2.75) is 87.0 Å². The van der Waals surface area contributed by atoms with E-state index in [1.54, 1.807) is 0 Å². The van der Waals surface area contributed by atoms with Crippen LogP contribution in [0.2, 0.25) is 0 Å². The highest BCUT2D eigenvalue weighted by atomic mass is 16.1. The number of Topliss-reactive ketones (excluding diaryl/α,β-unsaturated/α-hetero) is 1. The first-order valence-corrected chi connectivity index (χ1v) is 13.5. The van der Waals surface area contributed by atoms with Gasteiger partial charge < -0.3 is 0 Å². The minimum absolute atomic E-state index is 0.0267. The number of nitriles is 2. The molecule has 8 atom stereocenters. The number of rotatable bonds is 0. The lowest BCUT2D eigenvalue weighted by Gasteiger charge is -2.67. The van der Waals surface area contributed by atoms with E-state index in [0.29, 0.717) is 5.92 Å². The number of carbonyl (C=O) groups is 2. The molecule has 0 aliphatic heterocycles. The number of hydrogen-bond acceptors (Lipinski definition) is 4. The Bertz CT molecular complexity index is 1160. The van der Waals surface area contributed by atoms with Gasteiger partial charge in [-0.15, -0.1) is 0 Å². The molecule has 0 heterocycles. The van der Waals surface area contributed by atoms with Crippen LogP contribution in [0.5, 0.6) is 0 Å². The van der Waals surface area contributed by atoms with Gasteiger partial charge in [-0.2, -0.15) is 10.5 Å². The fraction of sp³-hybridized carbons (Fsp3) is 0.742. The molecule has 0 spiro atoms. The lowest BCUT2D eigenvalue weighted by Crippen LogP contribution is -2.63. The number of carbonyl (C=O) groups excluding carboxylic acids is 2. The molecule has 3 fully saturated rings. The van der Waals surface area contributed by atoms with Gasteiger partial charge in [0.2, 0.25) is 0 Å². The van der Waals surface area contributed by atoms with E-state index in [1.165, 1.54) is 0 Å². The number of fused-ring (bicyclic) bond motifs is 7. The third kappa shape index (κ3) is 2.95. The van der Waals surface area contributed by atoms with Crippen molar-refractivity contribution in [3.8, 4) is 12.1 Å². The Morgan fingerprint density at radius 3 is 2.23 bits per heavy atom. The number of nitrogens with zero attached hydrogens (tertiary/aromatic N) is 2. The molecule has 0 bridgehead atoms. The van der Waals surface area contributed by atoms with E-state index in [9.17, 15) is 20.1 Å². The van der Waals surface area contributed by atoms with E-state index in [0.717, 1.165) is 44.1 Å². The predicted octanol–water partition coefficient (Wildman–Crippen LogP) is 6.59. The first-order valence-electron chi connectivity index (χ1n) is 13.5. The van der Waals surface area contributed by atoms with Crippen LogP contribution in [-0.2, 0) is 9.59 Å². The van der Waals surface area contributed by atoms with Gasteiger partial charge in [0.1, 0.15) is 6.07 Å². The molecule has 3 saturated carbocycles. The van der Waals surface area contributed by atoms with Crippen LogP contribution in [0.15, 0.2) is 23.3 Å². The molecule has 5 aliphatic carbocycles. The Labute approximate surface area is 210 Å². The van der Waals surface area contributed by atoms with Crippen LogP contribution in [0, 0.1) is 79.3 Å². The third-order valence-corrected chi connectivity index (χ3v) is 11.9. The van der Waals surface area contributed by atoms with Crippen LogP contribution in [0.25, 0.3) is 0 Å². The fourth-order valence-corrected chi connectivity index (χ4v) is 10.1. The summed E-state index contributed by atoms with van der Waals surface area (Å²) in [6.07, 6.45) is 9.60. The fourth-order valence-electron chi connectivity index (χ4n) is 10.1. The molecule has 186 valence electrons. The normalized spacial score (nSPS) is 47.5. The van der Waals surface area contributed by atoms with E-state index < -0.39 is 10.8 Å². The predicted molar refractivity (Wildman–Crippen MR) is 134 cm³/mol. The van der Waals surface area contributed by atoms with Crippen LogP contribution < -0.4 is 0 Å². The molecular weight excluding hydrogens is 432 g/mol. The van der Waals surface area contributed by atoms with E-state index in [4.69, 9.17) is 0 Å². The summed E-state index contributed by atoms with van der Waals surface area (Å²) in [5.74, 6) is 0.723. The average Bonchev–Trinajstić information content (AvgIpc) is 2.76. The second-order valence-corrected chi connectivity index (χ2v) is 14.5. The minimum Gasteiger partial charge on any atom is -0.295 e. The highest BCUT2D eigenvalue weighted by Crippen LogP contribution is 2.73. The van der Waals surface area contributed by atoms with E-state index in [2.05, 4.69) is 46.8 Å². The Kier molecular flexibility index (Phi) is 5.03. The van der Waals surface area contributed by atoms with Gasteiger partial charge in [0.25, 0.3) is 0 Å². The molecule has 4 heteroatoms. The summed E-state index contributed by atoms with van der Waals surface area (Å²) in [7, 11) is 0.